The zero-order valence-electron chi connectivity index (χ0n) is 16.6. The highest BCUT2D eigenvalue weighted by Gasteiger charge is 2.31. The molecule has 3 aromatic rings. The summed E-state index contributed by atoms with van der Waals surface area (Å²) < 4.78 is 48.7. The second-order valence-corrected chi connectivity index (χ2v) is 7.41. The number of aromatic nitrogens is 2. The summed E-state index contributed by atoms with van der Waals surface area (Å²) in [6.45, 7) is 2.09. The number of primary amides is 1. The van der Waals surface area contributed by atoms with Gasteiger partial charge in [-0.3, -0.25) is 10.1 Å². The highest BCUT2D eigenvalue weighted by molar-refractivity contribution is 5.79. The molecule has 1 atom stereocenters. The first kappa shape index (κ1) is 21.0. The van der Waals surface area contributed by atoms with E-state index >= 15 is 0 Å². The average molecular weight is 434 g/mol. The van der Waals surface area contributed by atoms with E-state index in [1.165, 1.54) is 24.3 Å². The summed E-state index contributed by atoms with van der Waals surface area (Å²) in [5.41, 5.74) is 6.99. The number of nitrogens with zero attached hydrogens (tertiary/aromatic N) is 2. The number of rotatable bonds is 8. The van der Waals surface area contributed by atoms with Gasteiger partial charge in [-0.05, 0) is 56.2 Å². The summed E-state index contributed by atoms with van der Waals surface area (Å²) in [6.07, 6.45) is -2.67. The Morgan fingerprint density at radius 1 is 1.19 bits per heavy atom. The molecule has 7 nitrogen and oxygen atoms in total. The van der Waals surface area contributed by atoms with E-state index in [1.807, 2.05) is 12.1 Å². The Morgan fingerprint density at radius 3 is 2.45 bits per heavy atom. The second kappa shape index (κ2) is 8.10. The minimum atomic E-state index is -4.74. The number of carbonyl (C=O) groups is 1. The van der Waals surface area contributed by atoms with Crippen molar-refractivity contribution in [2.75, 3.05) is 0 Å². The number of hydrogen-bond acceptors (Lipinski definition) is 5. The van der Waals surface area contributed by atoms with Crippen LogP contribution in [0.4, 0.5) is 13.2 Å². The van der Waals surface area contributed by atoms with Gasteiger partial charge in [0.05, 0.1) is 23.6 Å². The fourth-order valence-electron chi connectivity index (χ4n) is 3.24. The minimum Gasteiger partial charge on any atom is -0.457 e. The number of imidazole rings is 1. The Balaban J connectivity index is 1.55. The van der Waals surface area contributed by atoms with Crippen molar-refractivity contribution in [2.24, 2.45) is 5.73 Å². The molecule has 0 bridgehead atoms. The number of ether oxygens (including phenoxy) is 2. The molecule has 1 amide bonds. The predicted octanol–water partition coefficient (Wildman–Crippen LogP) is 4.03. The van der Waals surface area contributed by atoms with Crippen LogP contribution in [0.5, 0.6) is 17.2 Å². The Hall–Kier alpha value is -3.27. The summed E-state index contributed by atoms with van der Waals surface area (Å²) in [5, 5.41) is 3.08. The van der Waals surface area contributed by atoms with Gasteiger partial charge in [0.25, 0.3) is 0 Å². The van der Waals surface area contributed by atoms with Gasteiger partial charge in [0.15, 0.2) is 0 Å². The molecule has 1 aromatic heterocycles. The second-order valence-electron chi connectivity index (χ2n) is 7.41. The number of hydrogen-bond donors (Lipinski definition) is 2. The van der Waals surface area contributed by atoms with Gasteiger partial charge in [-0.25, -0.2) is 4.98 Å². The fourth-order valence-corrected chi connectivity index (χ4v) is 3.24. The maximum absolute atomic E-state index is 12.3. The number of nitrogens with one attached hydrogen (secondary N) is 1. The Kier molecular flexibility index (Phi) is 5.48. The number of halogens is 3. The molecule has 164 valence electrons. The van der Waals surface area contributed by atoms with Crippen LogP contribution in [0.25, 0.3) is 11.0 Å². The van der Waals surface area contributed by atoms with Gasteiger partial charge < -0.3 is 19.8 Å². The summed E-state index contributed by atoms with van der Waals surface area (Å²) in [6, 6.07) is 10.5. The van der Waals surface area contributed by atoms with E-state index in [4.69, 9.17) is 10.5 Å². The lowest BCUT2D eigenvalue weighted by Gasteiger charge is -2.12. The van der Waals surface area contributed by atoms with Crippen LogP contribution in [0.2, 0.25) is 0 Å². The van der Waals surface area contributed by atoms with E-state index in [2.05, 4.69) is 19.6 Å². The lowest BCUT2D eigenvalue weighted by molar-refractivity contribution is -0.274. The molecule has 4 rings (SSSR count). The monoisotopic (exact) mass is 434 g/mol. The van der Waals surface area contributed by atoms with Crippen molar-refractivity contribution >= 4 is 16.9 Å². The highest BCUT2D eigenvalue weighted by Crippen LogP contribution is 2.40. The van der Waals surface area contributed by atoms with Crippen molar-refractivity contribution in [1.29, 1.82) is 0 Å². The third kappa shape index (κ3) is 5.08. The van der Waals surface area contributed by atoms with Gasteiger partial charge in [-0.15, -0.1) is 13.2 Å². The molecule has 0 radical (unpaired) electrons. The van der Waals surface area contributed by atoms with E-state index in [9.17, 15) is 18.0 Å². The number of alkyl halides is 3. The van der Waals surface area contributed by atoms with E-state index < -0.39 is 18.3 Å². The van der Waals surface area contributed by atoms with Crippen LogP contribution in [0, 0.1) is 0 Å². The van der Waals surface area contributed by atoms with Gasteiger partial charge in [0, 0.05) is 12.1 Å². The van der Waals surface area contributed by atoms with Crippen molar-refractivity contribution < 1.29 is 27.4 Å². The van der Waals surface area contributed by atoms with Crippen molar-refractivity contribution in [3.63, 3.8) is 0 Å². The first-order valence-corrected chi connectivity index (χ1v) is 9.77. The first-order valence-electron chi connectivity index (χ1n) is 9.77. The lowest BCUT2D eigenvalue weighted by Crippen LogP contribution is -2.38. The van der Waals surface area contributed by atoms with Crippen LogP contribution in [0.15, 0.2) is 42.5 Å². The number of fused-ring (bicyclic) bond motifs is 1. The molecule has 0 saturated heterocycles. The topological polar surface area (TPSA) is 91.4 Å². The van der Waals surface area contributed by atoms with E-state index in [1.54, 1.807) is 13.0 Å². The summed E-state index contributed by atoms with van der Waals surface area (Å²) in [4.78, 5) is 16.0. The molecular formula is C21H21F3N4O3. The quantitative estimate of drug-likeness (QED) is 0.559. The largest absolute Gasteiger partial charge is 0.573 e. The zero-order valence-corrected chi connectivity index (χ0v) is 16.6. The van der Waals surface area contributed by atoms with Gasteiger partial charge >= 0.3 is 6.36 Å². The summed E-state index contributed by atoms with van der Waals surface area (Å²) >= 11 is 0. The number of amides is 1. The van der Waals surface area contributed by atoms with Crippen LogP contribution in [0.3, 0.4) is 0 Å². The number of carbonyl (C=O) groups excluding carboxylic acids is 1. The Labute approximate surface area is 175 Å². The predicted molar refractivity (Wildman–Crippen MR) is 107 cm³/mol. The minimum absolute atomic E-state index is 0.315. The fraction of sp³-hybridized carbons (Fsp3) is 0.333. The zero-order chi connectivity index (χ0) is 22.2. The number of benzene rings is 2. The van der Waals surface area contributed by atoms with Crippen LogP contribution in [-0.4, -0.2) is 27.9 Å². The van der Waals surface area contributed by atoms with Crippen LogP contribution < -0.4 is 20.5 Å². The van der Waals surface area contributed by atoms with Crippen molar-refractivity contribution in [3.8, 4) is 17.2 Å². The normalized spacial score (nSPS) is 15.1. The van der Waals surface area contributed by atoms with Gasteiger partial charge in [0.2, 0.25) is 5.91 Å². The first-order chi connectivity index (χ1) is 14.7. The lowest BCUT2D eigenvalue weighted by atomic mass is 10.3. The van der Waals surface area contributed by atoms with E-state index in [-0.39, 0.29) is 5.75 Å². The molecule has 10 heteroatoms. The van der Waals surface area contributed by atoms with Crippen LogP contribution in [-0.2, 0) is 11.3 Å². The molecule has 3 N–H and O–H groups in total. The van der Waals surface area contributed by atoms with Crippen LogP contribution >= 0.6 is 0 Å². The molecule has 0 spiro atoms. The van der Waals surface area contributed by atoms with Crippen molar-refractivity contribution in [3.05, 3.63) is 48.3 Å². The van der Waals surface area contributed by atoms with E-state index in [0.717, 1.165) is 29.7 Å². The molecule has 1 aliphatic rings. The van der Waals surface area contributed by atoms with Gasteiger partial charge in [0.1, 0.15) is 23.1 Å². The Bertz CT molecular complexity index is 1090. The SMILES string of the molecule is C[C@H](NCc1nc2ccc(Oc3ccc(OC(F)(F)F)cc3)cc2n1C1CC1)C(N)=O. The van der Waals surface area contributed by atoms with Crippen LogP contribution in [0.1, 0.15) is 31.6 Å². The molecule has 31 heavy (non-hydrogen) atoms. The standard InChI is InChI=1S/C21H21F3N4O3/c1-12(20(25)29)26-11-19-27-17-9-8-16(10-18(17)28(19)13-2-3-13)30-14-4-6-15(7-5-14)31-21(22,23)24/h4-10,12-13,26H,2-3,11H2,1H3,(H2,25,29)/t12-/m0/s1. The maximum Gasteiger partial charge on any atom is 0.573 e. The average Bonchev–Trinajstić information content (AvgIpc) is 3.47. The third-order valence-electron chi connectivity index (χ3n) is 4.93. The molecular weight excluding hydrogens is 413 g/mol. The number of nitrogens with two attached hydrogens (primary N) is 1. The molecule has 1 heterocycles. The highest BCUT2D eigenvalue weighted by atomic mass is 19.4. The molecule has 1 aliphatic carbocycles. The third-order valence-corrected chi connectivity index (χ3v) is 4.93. The molecule has 2 aromatic carbocycles. The van der Waals surface area contributed by atoms with Crippen molar-refractivity contribution in [1.82, 2.24) is 14.9 Å². The maximum atomic E-state index is 12.3. The molecule has 1 saturated carbocycles. The van der Waals surface area contributed by atoms with E-state index in [0.29, 0.717) is 24.1 Å². The van der Waals surface area contributed by atoms with Crippen molar-refractivity contribution in [2.45, 2.75) is 44.8 Å². The summed E-state index contributed by atoms with van der Waals surface area (Å²) in [7, 11) is 0. The smallest absolute Gasteiger partial charge is 0.457 e. The Morgan fingerprint density at radius 2 is 1.84 bits per heavy atom. The molecule has 0 aliphatic heterocycles. The summed E-state index contributed by atoms with van der Waals surface area (Å²) in [5.74, 6) is 0.963. The molecule has 1 fully saturated rings. The molecule has 0 unspecified atom stereocenters. The van der Waals surface area contributed by atoms with Gasteiger partial charge in [-0.1, -0.05) is 0 Å². The van der Waals surface area contributed by atoms with Gasteiger partial charge in [-0.2, -0.15) is 0 Å².